The van der Waals surface area contributed by atoms with Crippen molar-refractivity contribution in [2.45, 2.75) is 18.8 Å². The second-order valence-electron chi connectivity index (χ2n) is 7.76. The predicted molar refractivity (Wildman–Crippen MR) is 106 cm³/mol. The lowest BCUT2D eigenvalue weighted by Gasteiger charge is -2.37. The number of aromatic amines is 1. The molecule has 30 heavy (non-hydrogen) atoms. The third-order valence-corrected chi connectivity index (χ3v) is 5.66. The maximum absolute atomic E-state index is 14.4. The molecule has 1 fully saturated rings. The number of carbonyl (C=O) groups excluding carboxylic acids is 2. The molecule has 0 radical (unpaired) electrons. The minimum Gasteiger partial charge on any atom is -0.368 e. The number of hydrogen-bond acceptors (Lipinski definition) is 2. The van der Waals surface area contributed by atoms with Gasteiger partial charge in [-0.25, -0.2) is 13.2 Å². The molecule has 1 heterocycles. The summed E-state index contributed by atoms with van der Waals surface area (Å²) >= 11 is 0. The molecule has 0 unspecified atom stereocenters. The van der Waals surface area contributed by atoms with E-state index in [-0.39, 0.29) is 29.8 Å². The topological polar surface area (TPSA) is 79.2 Å². The van der Waals surface area contributed by atoms with Gasteiger partial charge < -0.3 is 15.6 Å². The number of halogens is 3. The van der Waals surface area contributed by atoms with Gasteiger partial charge in [0.2, 0.25) is 11.8 Å². The molecule has 3 aromatic rings. The van der Waals surface area contributed by atoms with Gasteiger partial charge in [-0.05, 0) is 60.2 Å². The van der Waals surface area contributed by atoms with Gasteiger partial charge in [0.1, 0.15) is 17.5 Å². The Hall–Kier alpha value is -3.29. The van der Waals surface area contributed by atoms with Crippen molar-refractivity contribution in [3.8, 4) is 11.3 Å². The zero-order valence-corrected chi connectivity index (χ0v) is 16.2. The lowest BCUT2D eigenvalue weighted by atomic mass is 9.69. The van der Waals surface area contributed by atoms with Crippen LogP contribution in [0.1, 0.15) is 24.3 Å². The van der Waals surface area contributed by atoms with Gasteiger partial charge in [-0.1, -0.05) is 0 Å². The van der Waals surface area contributed by atoms with Crippen LogP contribution in [-0.2, 0) is 9.59 Å². The maximum Gasteiger partial charge on any atom is 0.237 e. The Morgan fingerprint density at radius 3 is 2.40 bits per heavy atom. The number of aromatic nitrogens is 1. The Balaban J connectivity index is 1.70. The van der Waals surface area contributed by atoms with Gasteiger partial charge in [-0.3, -0.25) is 9.59 Å². The van der Waals surface area contributed by atoms with Crippen LogP contribution in [0.15, 0.2) is 36.4 Å². The first-order valence-corrected chi connectivity index (χ1v) is 9.54. The number of fused-ring (bicyclic) bond motifs is 1. The molecular formula is C22H20F3N3O2. The van der Waals surface area contributed by atoms with Crippen molar-refractivity contribution in [2.24, 2.45) is 11.7 Å². The molecule has 0 aliphatic heterocycles. The molecule has 156 valence electrons. The molecule has 2 aromatic carbocycles. The smallest absolute Gasteiger partial charge is 0.237 e. The molecule has 0 saturated heterocycles. The third-order valence-electron chi connectivity index (χ3n) is 5.66. The summed E-state index contributed by atoms with van der Waals surface area (Å²) in [6.07, 6.45) is 0.947. The van der Waals surface area contributed by atoms with E-state index in [0.717, 1.165) is 6.07 Å². The van der Waals surface area contributed by atoms with Crippen LogP contribution in [0, 0.1) is 23.4 Å². The summed E-state index contributed by atoms with van der Waals surface area (Å²) in [4.78, 5) is 27.9. The van der Waals surface area contributed by atoms with E-state index in [0.29, 0.717) is 35.0 Å². The first-order valence-electron chi connectivity index (χ1n) is 9.54. The normalized spacial score (nSPS) is 18.3. The summed E-state index contributed by atoms with van der Waals surface area (Å²) in [6.45, 7) is -0.162. The predicted octanol–water partition coefficient (Wildman–Crippen LogP) is 3.69. The zero-order chi connectivity index (χ0) is 21.6. The van der Waals surface area contributed by atoms with Crippen molar-refractivity contribution in [1.29, 1.82) is 0 Å². The largest absolute Gasteiger partial charge is 0.368 e. The lowest BCUT2D eigenvalue weighted by molar-refractivity contribution is -0.140. The number of hydrogen-bond donors (Lipinski definition) is 2. The molecule has 8 heteroatoms. The summed E-state index contributed by atoms with van der Waals surface area (Å²) in [6, 6.07) is 7.81. The number of rotatable bonds is 5. The highest BCUT2D eigenvalue weighted by atomic mass is 19.1. The van der Waals surface area contributed by atoms with Crippen LogP contribution in [0.5, 0.6) is 0 Å². The standard InChI is InChI=1S/C22H20F3N3O2/c1-28(10-18(26)29)22(30)13-6-12(7-13)19-16-8-15(24)9-17(25)21(16)27-20(19)11-2-4-14(23)5-3-11/h2-5,8-9,12-13,27H,6-7,10H2,1H3,(H2,26,29)/t12-,13-. The highest BCUT2D eigenvalue weighted by molar-refractivity contribution is 5.93. The molecule has 4 rings (SSSR count). The quantitative estimate of drug-likeness (QED) is 0.667. The van der Waals surface area contributed by atoms with Gasteiger partial charge in [-0.15, -0.1) is 0 Å². The SMILES string of the molecule is CN(CC(N)=O)C(=O)[C@H]1C[C@H](c2c(-c3ccc(F)cc3)[nH]c3c(F)cc(F)cc32)C1. The number of nitrogens with two attached hydrogens (primary N) is 1. The zero-order valence-electron chi connectivity index (χ0n) is 16.2. The summed E-state index contributed by atoms with van der Waals surface area (Å²) in [5, 5.41) is 0.410. The van der Waals surface area contributed by atoms with Crippen LogP contribution in [-0.4, -0.2) is 35.3 Å². The number of nitrogens with zero attached hydrogens (tertiary/aromatic N) is 1. The number of amides is 2. The van der Waals surface area contributed by atoms with Gasteiger partial charge in [0.05, 0.1) is 17.8 Å². The molecule has 1 aromatic heterocycles. The number of carbonyl (C=O) groups is 2. The Labute approximate surface area is 170 Å². The van der Waals surface area contributed by atoms with Crippen molar-refractivity contribution in [2.75, 3.05) is 13.6 Å². The fraction of sp³-hybridized carbons (Fsp3) is 0.273. The van der Waals surface area contributed by atoms with Gasteiger partial charge >= 0.3 is 0 Å². The molecule has 1 aliphatic carbocycles. The molecule has 0 bridgehead atoms. The van der Waals surface area contributed by atoms with Crippen LogP contribution in [0.4, 0.5) is 13.2 Å². The van der Waals surface area contributed by atoms with Crippen molar-refractivity contribution in [3.63, 3.8) is 0 Å². The number of primary amides is 1. The Morgan fingerprint density at radius 1 is 1.10 bits per heavy atom. The van der Waals surface area contributed by atoms with Crippen molar-refractivity contribution >= 4 is 22.7 Å². The van der Waals surface area contributed by atoms with E-state index in [1.54, 1.807) is 12.1 Å². The van der Waals surface area contributed by atoms with E-state index in [1.165, 1.54) is 30.1 Å². The molecule has 5 nitrogen and oxygen atoms in total. The number of H-pyrrole nitrogens is 1. The molecule has 1 saturated carbocycles. The molecule has 3 N–H and O–H groups in total. The molecular weight excluding hydrogens is 395 g/mol. The summed E-state index contributed by atoms with van der Waals surface area (Å²) in [5.41, 5.74) is 7.24. The van der Waals surface area contributed by atoms with E-state index in [1.807, 2.05) is 0 Å². The third kappa shape index (κ3) is 3.53. The van der Waals surface area contributed by atoms with Crippen LogP contribution in [0.2, 0.25) is 0 Å². The molecule has 0 spiro atoms. The number of nitrogens with one attached hydrogen (secondary N) is 1. The molecule has 1 aliphatic rings. The summed E-state index contributed by atoms with van der Waals surface area (Å²) in [7, 11) is 1.51. The molecule has 2 amide bonds. The van der Waals surface area contributed by atoms with Crippen LogP contribution in [0.3, 0.4) is 0 Å². The Kier molecular flexibility index (Phi) is 5.01. The fourth-order valence-electron chi connectivity index (χ4n) is 4.19. The average molecular weight is 415 g/mol. The van der Waals surface area contributed by atoms with Gasteiger partial charge in [0.15, 0.2) is 0 Å². The van der Waals surface area contributed by atoms with E-state index < -0.39 is 23.4 Å². The van der Waals surface area contributed by atoms with Gasteiger partial charge in [0, 0.05) is 24.4 Å². The Morgan fingerprint density at radius 2 is 1.77 bits per heavy atom. The highest BCUT2D eigenvalue weighted by Gasteiger charge is 2.39. The van der Waals surface area contributed by atoms with Crippen LogP contribution < -0.4 is 5.73 Å². The number of benzene rings is 2. The highest BCUT2D eigenvalue weighted by Crippen LogP contribution is 2.48. The van der Waals surface area contributed by atoms with Crippen LogP contribution in [0.25, 0.3) is 22.2 Å². The average Bonchev–Trinajstić information content (AvgIpc) is 3.00. The lowest BCUT2D eigenvalue weighted by Crippen LogP contribution is -2.42. The van der Waals surface area contributed by atoms with Crippen molar-refractivity contribution in [1.82, 2.24) is 9.88 Å². The van der Waals surface area contributed by atoms with E-state index in [2.05, 4.69) is 4.98 Å². The Bertz CT molecular complexity index is 1130. The monoisotopic (exact) mass is 415 g/mol. The minimum atomic E-state index is -0.715. The van der Waals surface area contributed by atoms with E-state index in [4.69, 9.17) is 5.73 Å². The minimum absolute atomic E-state index is 0.115. The maximum atomic E-state index is 14.4. The first kappa shape index (κ1) is 20.0. The summed E-state index contributed by atoms with van der Waals surface area (Å²) in [5.74, 6) is -3.01. The number of likely N-dealkylation sites (N-methyl/N-ethyl adjacent to an activating group) is 1. The van der Waals surface area contributed by atoms with Crippen LogP contribution >= 0.6 is 0 Å². The van der Waals surface area contributed by atoms with Gasteiger partial charge in [-0.2, -0.15) is 0 Å². The second-order valence-corrected chi connectivity index (χ2v) is 7.76. The second kappa shape index (κ2) is 7.51. The van der Waals surface area contributed by atoms with E-state index >= 15 is 0 Å². The van der Waals surface area contributed by atoms with Crippen molar-refractivity contribution in [3.05, 3.63) is 59.4 Å². The van der Waals surface area contributed by atoms with Crippen molar-refractivity contribution < 1.29 is 22.8 Å². The summed E-state index contributed by atoms with van der Waals surface area (Å²) < 4.78 is 41.7. The van der Waals surface area contributed by atoms with E-state index in [9.17, 15) is 22.8 Å². The molecule has 0 atom stereocenters. The van der Waals surface area contributed by atoms with Gasteiger partial charge in [0.25, 0.3) is 0 Å². The first-order chi connectivity index (χ1) is 14.2. The fourth-order valence-corrected chi connectivity index (χ4v) is 4.19.